The molecule has 1 heterocycles. The van der Waals surface area contributed by atoms with Crippen molar-refractivity contribution < 1.29 is 23.1 Å². The van der Waals surface area contributed by atoms with Gasteiger partial charge >= 0.3 is 12.1 Å². The monoisotopic (exact) mass is 296 g/mol. The molecule has 0 bridgehead atoms. The fourth-order valence-corrected chi connectivity index (χ4v) is 1.81. The Morgan fingerprint density at radius 1 is 1.24 bits per heavy atom. The van der Waals surface area contributed by atoms with Gasteiger partial charge in [-0.25, -0.2) is 9.78 Å². The maximum absolute atomic E-state index is 12.8. The zero-order valence-corrected chi connectivity index (χ0v) is 10.7. The molecule has 0 aliphatic carbocycles. The van der Waals surface area contributed by atoms with Crippen LogP contribution in [-0.2, 0) is 12.7 Å². The molecule has 0 saturated heterocycles. The summed E-state index contributed by atoms with van der Waals surface area (Å²) in [6.45, 7) is -0.0707. The molecule has 2 rings (SSSR count). The van der Waals surface area contributed by atoms with E-state index in [0.29, 0.717) is 5.69 Å². The van der Waals surface area contributed by atoms with E-state index >= 15 is 0 Å². The quantitative estimate of drug-likeness (QED) is 0.907. The summed E-state index contributed by atoms with van der Waals surface area (Å²) in [6, 6.07) is 7.96. The lowest BCUT2D eigenvalue weighted by atomic mass is 10.1. The minimum Gasteiger partial charge on any atom is -0.477 e. The third-order valence-corrected chi connectivity index (χ3v) is 2.78. The highest BCUT2D eigenvalue weighted by molar-refractivity contribution is 5.86. The number of nitrogens with zero attached hydrogens (tertiary/aromatic N) is 1. The molecule has 4 nitrogen and oxygen atoms in total. The molecule has 21 heavy (non-hydrogen) atoms. The Balaban J connectivity index is 2.17. The number of pyridine rings is 1. The van der Waals surface area contributed by atoms with E-state index in [-0.39, 0.29) is 17.8 Å². The third kappa shape index (κ3) is 3.71. The topological polar surface area (TPSA) is 62.2 Å². The number of carboxylic acid groups (broad SMARTS) is 1. The molecule has 0 spiro atoms. The lowest BCUT2D eigenvalue weighted by molar-refractivity contribution is -0.138. The maximum atomic E-state index is 12.8. The SMILES string of the molecule is O=C(O)c1cc(NCc2ccccc2C(F)(F)F)ccn1. The largest absolute Gasteiger partial charge is 0.477 e. The molecule has 7 heteroatoms. The second-order valence-corrected chi connectivity index (χ2v) is 4.24. The second-order valence-electron chi connectivity index (χ2n) is 4.24. The second kappa shape index (κ2) is 5.82. The van der Waals surface area contributed by atoms with Gasteiger partial charge in [-0.2, -0.15) is 13.2 Å². The van der Waals surface area contributed by atoms with E-state index in [0.717, 1.165) is 6.07 Å². The number of nitrogens with one attached hydrogen (secondary N) is 1. The predicted octanol–water partition coefficient (Wildman–Crippen LogP) is 3.41. The van der Waals surface area contributed by atoms with E-state index in [2.05, 4.69) is 10.3 Å². The van der Waals surface area contributed by atoms with Crippen molar-refractivity contribution in [2.45, 2.75) is 12.7 Å². The van der Waals surface area contributed by atoms with Crippen LogP contribution in [0.1, 0.15) is 21.6 Å². The first-order valence-electron chi connectivity index (χ1n) is 5.96. The Bertz CT molecular complexity index is 657. The minimum atomic E-state index is -4.43. The molecule has 0 fully saturated rings. The van der Waals surface area contributed by atoms with Crippen LogP contribution < -0.4 is 5.32 Å². The Hall–Kier alpha value is -2.57. The molecule has 110 valence electrons. The summed E-state index contributed by atoms with van der Waals surface area (Å²) in [5.41, 5.74) is -0.424. The van der Waals surface area contributed by atoms with Crippen LogP contribution in [0.3, 0.4) is 0 Å². The van der Waals surface area contributed by atoms with Crippen molar-refractivity contribution in [2.24, 2.45) is 0 Å². The molecule has 0 aliphatic heterocycles. The van der Waals surface area contributed by atoms with Gasteiger partial charge in [0.25, 0.3) is 0 Å². The van der Waals surface area contributed by atoms with Crippen LogP contribution in [0.5, 0.6) is 0 Å². The smallest absolute Gasteiger partial charge is 0.416 e. The molecule has 0 radical (unpaired) electrons. The molecule has 1 aromatic carbocycles. The van der Waals surface area contributed by atoms with E-state index in [4.69, 9.17) is 5.11 Å². The van der Waals surface area contributed by atoms with Gasteiger partial charge in [0, 0.05) is 18.4 Å². The fourth-order valence-electron chi connectivity index (χ4n) is 1.81. The number of rotatable bonds is 4. The van der Waals surface area contributed by atoms with E-state index < -0.39 is 17.7 Å². The molecule has 0 aliphatic rings. The first-order valence-corrected chi connectivity index (χ1v) is 5.96. The van der Waals surface area contributed by atoms with Gasteiger partial charge in [-0.15, -0.1) is 0 Å². The van der Waals surface area contributed by atoms with E-state index in [9.17, 15) is 18.0 Å². The van der Waals surface area contributed by atoms with E-state index in [1.165, 1.54) is 36.5 Å². The van der Waals surface area contributed by atoms with Crippen LogP contribution >= 0.6 is 0 Å². The van der Waals surface area contributed by atoms with Crippen LogP contribution in [0.15, 0.2) is 42.6 Å². The van der Waals surface area contributed by atoms with Gasteiger partial charge in [0.2, 0.25) is 0 Å². The third-order valence-electron chi connectivity index (χ3n) is 2.78. The van der Waals surface area contributed by atoms with Gasteiger partial charge in [-0.1, -0.05) is 18.2 Å². The standard InChI is InChI=1S/C14H11F3N2O2/c15-14(16,17)11-4-2-1-3-9(11)8-19-10-5-6-18-12(7-10)13(20)21/h1-7H,8H2,(H,18,19)(H,20,21). The Kier molecular flexibility index (Phi) is 4.11. The van der Waals surface area contributed by atoms with Gasteiger partial charge in [0.1, 0.15) is 5.69 Å². The molecule has 2 N–H and O–H groups in total. The van der Waals surface area contributed by atoms with Crippen LogP contribution in [0.2, 0.25) is 0 Å². The molecule has 0 amide bonds. The van der Waals surface area contributed by atoms with Crippen molar-refractivity contribution in [3.63, 3.8) is 0 Å². The number of anilines is 1. The van der Waals surface area contributed by atoms with Gasteiger partial charge in [0.05, 0.1) is 5.56 Å². The van der Waals surface area contributed by atoms with Crippen molar-refractivity contribution in [3.05, 3.63) is 59.4 Å². The maximum Gasteiger partial charge on any atom is 0.416 e. The number of benzene rings is 1. The molecule has 0 unspecified atom stereocenters. The van der Waals surface area contributed by atoms with Gasteiger partial charge < -0.3 is 10.4 Å². The number of halogens is 3. The number of carboxylic acids is 1. The highest BCUT2D eigenvalue weighted by atomic mass is 19.4. The van der Waals surface area contributed by atoms with Crippen molar-refractivity contribution in [3.8, 4) is 0 Å². The summed E-state index contributed by atoms with van der Waals surface area (Å²) < 4.78 is 38.5. The summed E-state index contributed by atoms with van der Waals surface area (Å²) in [4.78, 5) is 14.4. The first-order chi connectivity index (χ1) is 9.88. The zero-order chi connectivity index (χ0) is 15.5. The molecule has 2 aromatic rings. The van der Waals surface area contributed by atoms with Crippen molar-refractivity contribution in [1.29, 1.82) is 0 Å². The Morgan fingerprint density at radius 3 is 2.62 bits per heavy atom. The number of alkyl halides is 3. The molecular weight excluding hydrogens is 285 g/mol. The highest BCUT2D eigenvalue weighted by Gasteiger charge is 2.32. The predicted molar refractivity (Wildman–Crippen MR) is 70.0 cm³/mol. The molecular formula is C14H11F3N2O2. The number of hydrogen-bond acceptors (Lipinski definition) is 3. The Morgan fingerprint density at radius 2 is 1.95 bits per heavy atom. The van der Waals surface area contributed by atoms with Crippen LogP contribution in [-0.4, -0.2) is 16.1 Å². The van der Waals surface area contributed by atoms with Gasteiger partial charge in [0.15, 0.2) is 0 Å². The lowest BCUT2D eigenvalue weighted by Gasteiger charge is -2.13. The molecule has 0 saturated carbocycles. The average molecular weight is 296 g/mol. The van der Waals surface area contributed by atoms with Crippen LogP contribution in [0, 0.1) is 0 Å². The molecule has 1 aromatic heterocycles. The van der Waals surface area contributed by atoms with Crippen LogP contribution in [0.4, 0.5) is 18.9 Å². The summed E-state index contributed by atoms with van der Waals surface area (Å²) in [7, 11) is 0. The van der Waals surface area contributed by atoms with Crippen molar-refractivity contribution in [2.75, 3.05) is 5.32 Å². The van der Waals surface area contributed by atoms with Crippen LogP contribution in [0.25, 0.3) is 0 Å². The fraction of sp³-hybridized carbons (Fsp3) is 0.143. The summed E-state index contributed by atoms with van der Waals surface area (Å²) >= 11 is 0. The van der Waals surface area contributed by atoms with Crippen molar-refractivity contribution >= 4 is 11.7 Å². The molecule has 0 atom stereocenters. The van der Waals surface area contributed by atoms with E-state index in [1.54, 1.807) is 0 Å². The number of aromatic nitrogens is 1. The number of aromatic carboxylic acids is 1. The van der Waals surface area contributed by atoms with Gasteiger partial charge in [-0.3, -0.25) is 0 Å². The lowest BCUT2D eigenvalue weighted by Crippen LogP contribution is -2.12. The number of carbonyl (C=O) groups is 1. The van der Waals surface area contributed by atoms with Gasteiger partial charge in [-0.05, 0) is 23.8 Å². The number of hydrogen-bond donors (Lipinski definition) is 2. The first kappa shape index (κ1) is 14.8. The summed E-state index contributed by atoms with van der Waals surface area (Å²) in [5.74, 6) is -1.20. The normalized spacial score (nSPS) is 11.2. The van der Waals surface area contributed by atoms with E-state index in [1.807, 2.05) is 0 Å². The Labute approximate surface area is 118 Å². The minimum absolute atomic E-state index is 0.0707. The zero-order valence-electron chi connectivity index (χ0n) is 10.7. The summed E-state index contributed by atoms with van der Waals surface area (Å²) in [5, 5.41) is 11.6. The average Bonchev–Trinajstić information content (AvgIpc) is 2.45. The van der Waals surface area contributed by atoms with Crippen molar-refractivity contribution in [1.82, 2.24) is 4.98 Å². The summed E-state index contributed by atoms with van der Waals surface area (Å²) in [6.07, 6.45) is -3.15. The highest BCUT2D eigenvalue weighted by Crippen LogP contribution is 2.32.